The van der Waals surface area contributed by atoms with Crippen LogP contribution in [-0.2, 0) is 17.4 Å². The Bertz CT molecular complexity index is 1100. The number of pyridine rings is 1. The third-order valence-electron chi connectivity index (χ3n) is 6.14. The summed E-state index contributed by atoms with van der Waals surface area (Å²) < 4.78 is 8.80. The van der Waals surface area contributed by atoms with Gasteiger partial charge in [0.2, 0.25) is 0 Å². The van der Waals surface area contributed by atoms with Crippen LogP contribution in [-0.4, -0.2) is 42.9 Å². The van der Waals surface area contributed by atoms with Gasteiger partial charge >= 0.3 is 0 Å². The average Bonchev–Trinajstić information content (AvgIpc) is 3.26. The van der Waals surface area contributed by atoms with Gasteiger partial charge in [-0.2, -0.15) is 10.2 Å². The van der Waals surface area contributed by atoms with Crippen molar-refractivity contribution in [3.05, 3.63) is 28.3 Å². The molecule has 0 spiro atoms. The standard InChI is InChI=1S/C20H28N6O3/c1-11(2)12(3)26-10-13(17-16(19(26)27)18(21)23-22-17)14-9-15(25(4)24-14)20(28)5-7-29-8-6-20/h9-12,28H,5-8H2,1-4H3,(H3,21,22,23)/t12-/m0/s1. The molecule has 0 aromatic carbocycles. The number of anilines is 1. The Kier molecular flexibility index (Phi) is 4.74. The van der Waals surface area contributed by atoms with E-state index >= 15 is 0 Å². The van der Waals surface area contributed by atoms with Crippen molar-refractivity contribution >= 4 is 16.7 Å². The smallest absolute Gasteiger partial charge is 0.264 e. The van der Waals surface area contributed by atoms with Gasteiger partial charge in [-0.25, -0.2) is 0 Å². The lowest BCUT2D eigenvalue weighted by Gasteiger charge is -2.31. The highest BCUT2D eigenvalue weighted by Gasteiger charge is 2.35. The van der Waals surface area contributed by atoms with Gasteiger partial charge < -0.3 is 20.1 Å². The summed E-state index contributed by atoms with van der Waals surface area (Å²) in [6.07, 6.45) is 2.84. The van der Waals surface area contributed by atoms with Gasteiger partial charge in [-0.15, -0.1) is 0 Å². The minimum atomic E-state index is -0.982. The molecule has 0 aliphatic carbocycles. The third kappa shape index (κ3) is 3.14. The number of H-pyrrole nitrogens is 1. The Labute approximate surface area is 168 Å². The highest BCUT2D eigenvalue weighted by atomic mass is 16.5. The maximum atomic E-state index is 13.1. The summed E-state index contributed by atoms with van der Waals surface area (Å²) in [5.41, 5.74) is 7.52. The van der Waals surface area contributed by atoms with Crippen LogP contribution in [0.2, 0.25) is 0 Å². The van der Waals surface area contributed by atoms with Crippen molar-refractivity contribution in [3.63, 3.8) is 0 Å². The molecule has 0 radical (unpaired) electrons. The molecule has 9 nitrogen and oxygen atoms in total. The van der Waals surface area contributed by atoms with Gasteiger partial charge in [0.25, 0.3) is 5.56 Å². The molecule has 0 amide bonds. The number of hydrogen-bond acceptors (Lipinski definition) is 6. The maximum Gasteiger partial charge on any atom is 0.264 e. The number of fused-ring (bicyclic) bond motifs is 1. The first kappa shape index (κ1) is 19.7. The zero-order chi connectivity index (χ0) is 20.9. The summed E-state index contributed by atoms with van der Waals surface area (Å²) >= 11 is 0. The number of nitrogens with zero attached hydrogens (tertiary/aromatic N) is 4. The average molecular weight is 400 g/mol. The Morgan fingerprint density at radius 1 is 1.31 bits per heavy atom. The van der Waals surface area contributed by atoms with Gasteiger partial charge in [0.05, 0.1) is 16.9 Å². The summed E-state index contributed by atoms with van der Waals surface area (Å²) in [5.74, 6) is 0.434. The fourth-order valence-corrected chi connectivity index (χ4v) is 3.98. The van der Waals surface area contributed by atoms with Crippen molar-refractivity contribution in [1.29, 1.82) is 0 Å². The predicted octanol–water partition coefficient (Wildman–Crippen LogP) is 1.92. The second-order valence-electron chi connectivity index (χ2n) is 8.28. The number of aliphatic hydroxyl groups is 1. The zero-order valence-electron chi connectivity index (χ0n) is 17.3. The van der Waals surface area contributed by atoms with Crippen molar-refractivity contribution < 1.29 is 9.84 Å². The molecule has 0 bridgehead atoms. The molecular formula is C20H28N6O3. The van der Waals surface area contributed by atoms with E-state index in [1.165, 1.54) is 0 Å². The third-order valence-corrected chi connectivity index (χ3v) is 6.14. The molecule has 4 rings (SSSR count). The summed E-state index contributed by atoms with van der Waals surface area (Å²) in [6, 6.07) is 1.86. The molecule has 1 fully saturated rings. The lowest BCUT2D eigenvalue weighted by molar-refractivity contribution is -0.0725. The van der Waals surface area contributed by atoms with Crippen molar-refractivity contribution in [1.82, 2.24) is 24.5 Å². The monoisotopic (exact) mass is 400 g/mol. The second-order valence-corrected chi connectivity index (χ2v) is 8.28. The van der Waals surface area contributed by atoms with Crippen LogP contribution in [0.15, 0.2) is 17.1 Å². The molecule has 156 valence electrons. The van der Waals surface area contributed by atoms with Gasteiger partial charge in [0, 0.05) is 50.9 Å². The minimum Gasteiger partial charge on any atom is -0.383 e. The van der Waals surface area contributed by atoms with Crippen LogP contribution in [0.25, 0.3) is 22.2 Å². The van der Waals surface area contributed by atoms with Crippen LogP contribution in [0.1, 0.15) is 45.3 Å². The molecule has 3 aromatic heterocycles. The highest BCUT2D eigenvalue weighted by molar-refractivity contribution is 5.97. The van der Waals surface area contributed by atoms with E-state index in [0.29, 0.717) is 42.7 Å². The fraction of sp³-hybridized carbons (Fsp3) is 0.550. The number of nitrogens with two attached hydrogens (primary N) is 1. The number of rotatable bonds is 4. The lowest BCUT2D eigenvalue weighted by Crippen LogP contribution is -2.35. The first-order valence-electron chi connectivity index (χ1n) is 9.96. The normalized spacial score (nSPS) is 17.9. The molecule has 1 aliphatic heterocycles. The topological polar surface area (TPSA) is 124 Å². The number of aryl methyl sites for hydroxylation is 1. The Hall–Kier alpha value is -2.65. The van der Waals surface area contributed by atoms with Crippen LogP contribution < -0.4 is 11.3 Å². The van der Waals surface area contributed by atoms with E-state index in [4.69, 9.17) is 10.5 Å². The molecule has 1 saturated heterocycles. The minimum absolute atomic E-state index is 0.0252. The largest absolute Gasteiger partial charge is 0.383 e. The molecule has 29 heavy (non-hydrogen) atoms. The Morgan fingerprint density at radius 2 is 2.00 bits per heavy atom. The SMILES string of the molecule is CC(C)[C@H](C)n1cc(-c2cc(C3(O)CCOCC3)n(C)n2)c2[nH]nc(N)c2c1=O. The number of nitrogen functional groups attached to an aromatic ring is 1. The van der Waals surface area contributed by atoms with Gasteiger partial charge in [-0.3, -0.25) is 14.6 Å². The van der Waals surface area contributed by atoms with Gasteiger partial charge in [-0.05, 0) is 18.9 Å². The molecule has 9 heteroatoms. The quantitative estimate of drug-likeness (QED) is 0.615. The van der Waals surface area contributed by atoms with Crippen molar-refractivity contribution in [2.45, 2.75) is 45.3 Å². The summed E-state index contributed by atoms with van der Waals surface area (Å²) in [6.45, 7) is 7.16. The first-order valence-corrected chi connectivity index (χ1v) is 9.96. The van der Waals surface area contributed by atoms with Gasteiger partial charge in [0.15, 0.2) is 5.82 Å². The van der Waals surface area contributed by atoms with Crippen LogP contribution in [0, 0.1) is 5.92 Å². The molecule has 0 unspecified atom stereocenters. The van der Waals surface area contributed by atoms with E-state index in [1.807, 2.05) is 26.2 Å². The molecular weight excluding hydrogens is 372 g/mol. The Morgan fingerprint density at radius 3 is 2.66 bits per heavy atom. The van der Waals surface area contributed by atoms with Crippen LogP contribution in [0.3, 0.4) is 0 Å². The number of hydrogen-bond donors (Lipinski definition) is 3. The van der Waals surface area contributed by atoms with Crippen molar-refractivity contribution in [2.75, 3.05) is 18.9 Å². The molecule has 1 atom stereocenters. The van der Waals surface area contributed by atoms with E-state index in [9.17, 15) is 9.90 Å². The van der Waals surface area contributed by atoms with Crippen molar-refractivity contribution in [3.8, 4) is 11.3 Å². The first-order chi connectivity index (χ1) is 13.7. The number of aromatic amines is 1. The van der Waals surface area contributed by atoms with E-state index in [-0.39, 0.29) is 23.3 Å². The van der Waals surface area contributed by atoms with E-state index in [1.54, 1.807) is 9.25 Å². The molecule has 4 heterocycles. The summed E-state index contributed by atoms with van der Waals surface area (Å²) in [7, 11) is 1.82. The van der Waals surface area contributed by atoms with E-state index in [2.05, 4.69) is 29.1 Å². The molecule has 0 saturated carbocycles. The van der Waals surface area contributed by atoms with E-state index < -0.39 is 5.60 Å². The summed E-state index contributed by atoms with van der Waals surface area (Å²) in [5, 5.41) is 23.1. The van der Waals surface area contributed by atoms with Crippen molar-refractivity contribution in [2.24, 2.45) is 13.0 Å². The fourth-order valence-electron chi connectivity index (χ4n) is 3.98. The van der Waals surface area contributed by atoms with Gasteiger partial charge in [-0.1, -0.05) is 13.8 Å². The second kappa shape index (κ2) is 7.00. The molecule has 4 N–H and O–H groups in total. The maximum absolute atomic E-state index is 13.1. The Balaban J connectivity index is 1.92. The van der Waals surface area contributed by atoms with E-state index in [0.717, 1.165) is 11.3 Å². The lowest BCUT2D eigenvalue weighted by atomic mass is 9.90. The predicted molar refractivity (Wildman–Crippen MR) is 110 cm³/mol. The van der Waals surface area contributed by atoms with Crippen LogP contribution in [0.4, 0.5) is 5.82 Å². The summed E-state index contributed by atoms with van der Waals surface area (Å²) in [4.78, 5) is 13.1. The number of nitrogens with one attached hydrogen (secondary N) is 1. The zero-order valence-corrected chi connectivity index (χ0v) is 17.3. The number of aromatic nitrogens is 5. The van der Waals surface area contributed by atoms with Gasteiger partial charge in [0.1, 0.15) is 11.0 Å². The van der Waals surface area contributed by atoms with Crippen LogP contribution >= 0.6 is 0 Å². The molecule has 1 aliphatic rings. The molecule has 3 aromatic rings. The number of ether oxygens (including phenoxy) is 1. The van der Waals surface area contributed by atoms with Crippen LogP contribution in [0.5, 0.6) is 0 Å². The highest BCUT2D eigenvalue weighted by Crippen LogP contribution is 2.35.